The first kappa shape index (κ1) is 24.2. The number of carbonyl (C=O) groups excluding carboxylic acids is 1. The quantitative estimate of drug-likeness (QED) is 0.404. The maximum Gasteiger partial charge on any atom is 0.286 e. The standard InChI is InChI=1S/C28H28BrNO4/c29-25-12-10-23(11-13-25)24-16-26(28(32)30-15-14-20-4-2-1-3-5-20)34-27(17-24)33-19-22-8-6-21(18-31)7-9-22/h1-13,16,24,27,31H,14-15,17-19H2,(H,30,32)/t24-,27+/m1/s1. The zero-order valence-electron chi connectivity index (χ0n) is 18.8. The number of ether oxygens (including phenoxy) is 2. The number of nitrogens with one attached hydrogen (secondary N) is 1. The van der Waals surface area contributed by atoms with Crippen LogP contribution in [0.2, 0.25) is 0 Å². The highest BCUT2D eigenvalue weighted by atomic mass is 79.9. The fraction of sp³-hybridized carbons (Fsp3) is 0.250. The summed E-state index contributed by atoms with van der Waals surface area (Å²) in [5.41, 5.74) is 4.10. The van der Waals surface area contributed by atoms with Gasteiger partial charge in [0.1, 0.15) is 0 Å². The number of halogens is 1. The van der Waals surface area contributed by atoms with Gasteiger partial charge in [-0.15, -0.1) is 0 Å². The summed E-state index contributed by atoms with van der Waals surface area (Å²) in [5.74, 6) is 0.0463. The number of hydrogen-bond acceptors (Lipinski definition) is 4. The number of aliphatic hydroxyl groups excluding tert-OH is 1. The molecule has 1 amide bonds. The smallest absolute Gasteiger partial charge is 0.286 e. The Labute approximate surface area is 208 Å². The van der Waals surface area contributed by atoms with E-state index in [9.17, 15) is 9.90 Å². The van der Waals surface area contributed by atoms with Crippen molar-refractivity contribution >= 4 is 21.8 Å². The summed E-state index contributed by atoms with van der Waals surface area (Å²) in [6, 6.07) is 25.7. The van der Waals surface area contributed by atoms with Gasteiger partial charge in [-0.25, -0.2) is 0 Å². The molecule has 6 heteroatoms. The number of hydrogen-bond donors (Lipinski definition) is 2. The molecule has 5 nitrogen and oxygen atoms in total. The van der Waals surface area contributed by atoms with Crippen molar-refractivity contribution in [2.24, 2.45) is 0 Å². The molecular formula is C28H28BrNO4. The summed E-state index contributed by atoms with van der Waals surface area (Å²) < 4.78 is 13.0. The van der Waals surface area contributed by atoms with Crippen molar-refractivity contribution in [2.75, 3.05) is 6.54 Å². The minimum atomic E-state index is -0.550. The number of rotatable bonds is 9. The first-order valence-electron chi connectivity index (χ1n) is 11.4. The van der Waals surface area contributed by atoms with Gasteiger partial charge in [-0.2, -0.15) is 0 Å². The molecule has 2 N–H and O–H groups in total. The minimum absolute atomic E-state index is 0.00140. The normalized spacial score (nSPS) is 17.5. The van der Waals surface area contributed by atoms with E-state index in [2.05, 4.69) is 21.2 Å². The Kier molecular flexibility index (Phi) is 8.52. The number of amides is 1. The van der Waals surface area contributed by atoms with Gasteiger partial charge in [-0.1, -0.05) is 82.7 Å². The van der Waals surface area contributed by atoms with Crippen LogP contribution in [0.5, 0.6) is 0 Å². The van der Waals surface area contributed by atoms with E-state index in [0.717, 1.165) is 27.6 Å². The van der Waals surface area contributed by atoms with Crippen LogP contribution in [0.3, 0.4) is 0 Å². The van der Waals surface area contributed by atoms with E-state index in [4.69, 9.17) is 9.47 Å². The largest absolute Gasteiger partial charge is 0.459 e. The lowest BCUT2D eigenvalue weighted by Gasteiger charge is -2.29. The molecule has 1 heterocycles. The maximum absolute atomic E-state index is 12.9. The topological polar surface area (TPSA) is 67.8 Å². The molecule has 0 spiro atoms. The van der Waals surface area contributed by atoms with Crippen molar-refractivity contribution in [3.63, 3.8) is 0 Å². The first-order valence-corrected chi connectivity index (χ1v) is 12.2. The van der Waals surface area contributed by atoms with Crippen LogP contribution in [0.1, 0.15) is 34.6 Å². The van der Waals surface area contributed by atoms with Gasteiger partial charge in [0, 0.05) is 23.4 Å². The Morgan fingerprint density at radius 1 is 0.971 bits per heavy atom. The maximum atomic E-state index is 12.9. The molecule has 1 aliphatic rings. The summed E-state index contributed by atoms with van der Waals surface area (Å²) in [4.78, 5) is 12.9. The Balaban J connectivity index is 1.42. The van der Waals surface area contributed by atoms with E-state index in [1.54, 1.807) is 0 Å². The molecule has 2 atom stereocenters. The Bertz CT molecular complexity index is 1100. The summed E-state index contributed by atoms with van der Waals surface area (Å²) >= 11 is 3.48. The molecule has 0 aliphatic carbocycles. The van der Waals surface area contributed by atoms with Crippen molar-refractivity contribution in [3.8, 4) is 0 Å². The Morgan fingerprint density at radius 2 is 1.68 bits per heavy atom. The molecule has 0 saturated carbocycles. The molecular weight excluding hydrogens is 494 g/mol. The van der Waals surface area contributed by atoms with Crippen LogP contribution in [-0.4, -0.2) is 23.8 Å². The molecule has 0 unspecified atom stereocenters. The summed E-state index contributed by atoms with van der Waals surface area (Å²) in [5, 5.41) is 12.2. The van der Waals surface area contributed by atoms with Crippen LogP contribution < -0.4 is 5.32 Å². The van der Waals surface area contributed by atoms with Crippen LogP contribution in [0.25, 0.3) is 0 Å². The molecule has 0 fully saturated rings. The van der Waals surface area contributed by atoms with Gasteiger partial charge in [0.05, 0.1) is 13.2 Å². The fourth-order valence-electron chi connectivity index (χ4n) is 3.84. The monoisotopic (exact) mass is 521 g/mol. The van der Waals surface area contributed by atoms with Gasteiger partial charge in [0.25, 0.3) is 5.91 Å². The van der Waals surface area contributed by atoms with Gasteiger partial charge in [-0.3, -0.25) is 4.79 Å². The lowest BCUT2D eigenvalue weighted by atomic mass is 9.93. The van der Waals surface area contributed by atoms with Crippen molar-refractivity contribution in [3.05, 3.63) is 117 Å². The molecule has 0 aromatic heterocycles. The van der Waals surface area contributed by atoms with E-state index in [1.807, 2.05) is 84.9 Å². The zero-order chi connectivity index (χ0) is 23.8. The third-order valence-electron chi connectivity index (χ3n) is 5.76. The van der Waals surface area contributed by atoms with Gasteiger partial charge in [0.2, 0.25) is 6.29 Å². The third kappa shape index (κ3) is 6.79. The van der Waals surface area contributed by atoms with Crippen LogP contribution >= 0.6 is 15.9 Å². The van der Waals surface area contributed by atoms with Crippen LogP contribution in [0, 0.1) is 0 Å². The minimum Gasteiger partial charge on any atom is -0.459 e. The average Bonchev–Trinajstić information content (AvgIpc) is 2.88. The lowest BCUT2D eigenvalue weighted by molar-refractivity contribution is -0.150. The highest BCUT2D eigenvalue weighted by Crippen LogP contribution is 2.32. The molecule has 0 saturated heterocycles. The predicted octanol–water partition coefficient (Wildman–Crippen LogP) is 5.23. The molecule has 176 valence electrons. The van der Waals surface area contributed by atoms with E-state index < -0.39 is 6.29 Å². The molecule has 3 aromatic carbocycles. The third-order valence-corrected chi connectivity index (χ3v) is 6.29. The van der Waals surface area contributed by atoms with Crippen molar-refractivity contribution in [1.82, 2.24) is 5.32 Å². The van der Waals surface area contributed by atoms with Crippen LogP contribution in [0.15, 0.2) is 95.2 Å². The van der Waals surface area contributed by atoms with Crippen molar-refractivity contribution in [2.45, 2.75) is 38.3 Å². The molecule has 4 rings (SSSR count). The molecule has 1 aliphatic heterocycles. The van der Waals surface area contributed by atoms with Crippen LogP contribution in [0.4, 0.5) is 0 Å². The second-order valence-corrected chi connectivity index (χ2v) is 9.16. The molecule has 0 radical (unpaired) electrons. The van der Waals surface area contributed by atoms with Gasteiger partial charge < -0.3 is 19.9 Å². The number of allylic oxidation sites excluding steroid dienone is 1. The Hall–Kier alpha value is -2.93. The lowest BCUT2D eigenvalue weighted by Crippen LogP contribution is -2.33. The van der Waals surface area contributed by atoms with Crippen molar-refractivity contribution < 1.29 is 19.4 Å². The number of aliphatic hydroxyl groups is 1. The highest BCUT2D eigenvalue weighted by molar-refractivity contribution is 9.10. The Morgan fingerprint density at radius 3 is 2.38 bits per heavy atom. The zero-order valence-corrected chi connectivity index (χ0v) is 20.4. The number of carbonyl (C=O) groups is 1. The van der Waals surface area contributed by atoms with E-state index in [1.165, 1.54) is 5.56 Å². The van der Waals surface area contributed by atoms with E-state index in [0.29, 0.717) is 19.6 Å². The summed E-state index contributed by atoms with van der Waals surface area (Å²) in [6.45, 7) is 0.886. The van der Waals surface area contributed by atoms with Gasteiger partial charge in [0.15, 0.2) is 5.76 Å². The van der Waals surface area contributed by atoms with Gasteiger partial charge >= 0.3 is 0 Å². The molecule has 0 bridgehead atoms. The first-order chi connectivity index (χ1) is 16.6. The second kappa shape index (κ2) is 12.0. The molecule has 34 heavy (non-hydrogen) atoms. The summed E-state index contributed by atoms with van der Waals surface area (Å²) in [7, 11) is 0. The SMILES string of the molecule is O=C(NCCc1ccccc1)C1=C[C@@H](c2ccc(Br)cc2)C[C@@H](OCc2ccc(CO)cc2)O1. The number of benzene rings is 3. The van der Waals surface area contributed by atoms with Crippen molar-refractivity contribution in [1.29, 1.82) is 0 Å². The van der Waals surface area contributed by atoms with E-state index in [-0.39, 0.29) is 24.2 Å². The average molecular weight is 522 g/mol. The second-order valence-electron chi connectivity index (χ2n) is 8.25. The summed E-state index contributed by atoms with van der Waals surface area (Å²) in [6.07, 6.45) is 2.69. The predicted molar refractivity (Wildman–Crippen MR) is 135 cm³/mol. The van der Waals surface area contributed by atoms with E-state index >= 15 is 0 Å². The molecule has 3 aromatic rings. The van der Waals surface area contributed by atoms with Crippen LogP contribution in [-0.2, 0) is 33.9 Å². The highest BCUT2D eigenvalue weighted by Gasteiger charge is 2.28. The fourth-order valence-corrected chi connectivity index (χ4v) is 4.11. The van der Waals surface area contributed by atoms with Gasteiger partial charge in [-0.05, 0) is 46.9 Å².